The van der Waals surface area contributed by atoms with E-state index in [1.165, 1.54) is 0 Å². The Morgan fingerprint density at radius 3 is 2.65 bits per heavy atom. The van der Waals surface area contributed by atoms with Crippen LogP contribution < -0.4 is 10.6 Å². The molecule has 3 amide bonds. The van der Waals surface area contributed by atoms with Crippen LogP contribution in [0.4, 0.5) is 0 Å². The predicted octanol–water partition coefficient (Wildman–Crippen LogP) is 3.29. The summed E-state index contributed by atoms with van der Waals surface area (Å²) in [6, 6.07) is 13.5. The Morgan fingerprint density at radius 1 is 1.19 bits per heavy atom. The third kappa shape index (κ3) is 4.71. The minimum Gasteiger partial charge on any atom is -0.355 e. The van der Waals surface area contributed by atoms with Gasteiger partial charge in [-0.25, -0.2) is 0 Å². The highest BCUT2D eigenvalue weighted by atomic mass is 79.9. The molecule has 2 aliphatic heterocycles. The lowest BCUT2D eigenvalue weighted by Gasteiger charge is -2.32. The van der Waals surface area contributed by atoms with E-state index in [1.54, 1.807) is 0 Å². The highest BCUT2D eigenvalue weighted by Crippen LogP contribution is 2.36. The highest BCUT2D eigenvalue weighted by molar-refractivity contribution is 9.10. The van der Waals surface area contributed by atoms with E-state index in [4.69, 9.17) is 0 Å². The molecule has 2 heterocycles. The number of fused-ring (bicyclic) bond motifs is 1. The number of carbonyl (C=O) groups excluding carboxylic acids is 3. The minimum atomic E-state index is -0.342. The molecule has 1 fully saturated rings. The highest BCUT2D eigenvalue weighted by Gasteiger charge is 2.36. The molecule has 0 aromatic heterocycles. The van der Waals surface area contributed by atoms with E-state index < -0.39 is 0 Å². The number of imide groups is 1. The average Bonchev–Trinajstić information content (AvgIpc) is 3.11. The number of nitrogens with zero attached hydrogens (tertiary/aromatic N) is 1. The van der Waals surface area contributed by atoms with Crippen LogP contribution in [0.2, 0.25) is 0 Å². The van der Waals surface area contributed by atoms with Crippen LogP contribution in [-0.2, 0) is 33.9 Å². The van der Waals surface area contributed by atoms with E-state index in [-0.39, 0.29) is 23.8 Å². The van der Waals surface area contributed by atoms with Gasteiger partial charge in [-0.05, 0) is 42.2 Å². The van der Waals surface area contributed by atoms with Gasteiger partial charge < -0.3 is 10.2 Å². The van der Waals surface area contributed by atoms with Crippen molar-refractivity contribution in [1.82, 2.24) is 15.5 Å². The number of hydrogen-bond acceptors (Lipinski definition) is 4. The number of carbonyl (C=O) groups is 3. The van der Waals surface area contributed by atoms with Gasteiger partial charge in [0, 0.05) is 35.2 Å². The summed E-state index contributed by atoms with van der Waals surface area (Å²) in [5, 5.41) is 5.43. The maximum atomic E-state index is 12.4. The zero-order chi connectivity index (χ0) is 22.0. The van der Waals surface area contributed by atoms with Crippen molar-refractivity contribution in [2.75, 3.05) is 0 Å². The van der Waals surface area contributed by atoms with Crippen molar-refractivity contribution in [3.63, 3.8) is 0 Å². The first-order chi connectivity index (χ1) is 14.9. The normalized spacial score (nSPS) is 19.4. The molecule has 0 aliphatic carbocycles. The van der Waals surface area contributed by atoms with Gasteiger partial charge in [-0.1, -0.05) is 52.3 Å². The average molecular weight is 482 g/mol. The van der Waals surface area contributed by atoms with Gasteiger partial charge in [0.15, 0.2) is 0 Å². The van der Waals surface area contributed by atoms with Crippen molar-refractivity contribution >= 4 is 39.3 Å². The van der Waals surface area contributed by atoms with E-state index in [0.29, 0.717) is 32.4 Å². The monoisotopic (exact) mass is 481 g/mol. The summed E-state index contributed by atoms with van der Waals surface area (Å²) in [6.07, 6.45) is 3.23. The lowest BCUT2D eigenvalue weighted by Crippen LogP contribution is -2.50. The summed E-state index contributed by atoms with van der Waals surface area (Å²) in [4.78, 5) is 38.3. The quantitative estimate of drug-likeness (QED) is 0.642. The Balaban J connectivity index is 1.41. The maximum Gasteiger partial charge on any atom is 0.249 e. The number of rotatable bonds is 5. The molecule has 0 spiro atoms. The number of benzene rings is 2. The molecule has 7 heteroatoms. The molecule has 1 atom stereocenters. The Hall–Kier alpha value is -2.93. The summed E-state index contributed by atoms with van der Waals surface area (Å²) < 4.78 is 0.988. The van der Waals surface area contributed by atoms with Crippen LogP contribution in [0.15, 0.2) is 53.0 Å². The van der Waals surface area contributed by atoms with Crippen LogP contribution in [0, 0.1) is 0 Å². The first-order valence-electron chi connectivity index (χ1n) is 10.3. The topological polar surface area (TPSA) is 78.5 Å². The Bertz CT molecular complexity index is 1060. The number of allylic oxidation sites excluding steroid dienone is 1. The molecule has 4 rings (SSSR count). The van der Waals surface area contributed by atoms with Crippen LogP contribution in [-0.4, -0.2) is 28.7 Å². The van der Waals surface area contributed by atoms with Crippen LogP contribution >= 0.6 is 15.9 Å². The van der Waals surface area contributed by atoms with Crippen LogP contribution in [0.5, 0.6) is 0 Å². The van der Waals surface area contributed by atoms with E-state index >= 15 is 0 Å². The second-order valence-electron chi connectivity index (χ2n) is 7.84. The molecule has 2 aromatic carbocycles. The Labute approximate surface area is 189 Å². The first kappa shape index (κ1) is 21.3. The Morgan fingerprint density at radius 2 is 1.94 bits per heavy atom. The van der Waals surface area contributed by atoms with Crippen molar-refractivity contribution < 1.29 is 14.4 Å². The lowest BCUT2D eigenvalue weighted by molar-refractivity contribution is -0.136. The van der Waals surface area contributed by atoms with Gasteiger partial charge in [0.25, 0.3) is 0 Å². The molecule has 1 unspecified atom stereocenters. The van der Waals surface area contributed by atoms with Crippen molar-refractivity contribution in [3.05, 3.63) is 75.3 Å². The maximum absolute atomic E-state index is 12.4. The smallest absolute Gasteiger partial charge is 0.249 e. The van der Waals surface area contributed by atoms with Crippen LogP contribution in [0.3, 0.4) is 0 Å². The number of piperidine rings is 1. The molecule has 0 saturated carbocycles. The van der Waals surface area contributed by atoms with Crippen molar-refractivity contribution in [3.8, 4) is 0 Å². The summed E-state index contributed by atoms with van der Waals surface area (Å²) in [6.45, 7) is 3.02. The zero-order valence-corrected chi connectivity index (χ0v) is 18.9. The molecule has 31 heavy (non-hydrogen) atoms. The molecular weight excluding hydrogens is 458 g/mol. The SMILES string of the molecule is CC=C1c2ccc(CNC(=O)Cc3ccc(Br)cc3)cc2CN1C1CCC(=O)NC1=O. The van der Waals surface area contributed by atoms with E-state index in [2.05, 4.69) is 37.5 Å². The van der Waals surface area contributed by atoms with Gasteiger partial charge in [-0.3, -0.25) is 19.7 Å². The molecule has 0 bridgehead atoms. The molecular formula is C24H24BrN3O3. The molecule has 2 aromatic rings. The molecule has 160 valence electrons. The van der Waals surface area contributed by atoms with E-state index in [0.717, 1.165) is 32.4 Å². The zero-order valence-electron chi connectivity index (χ0n) is 17.3. The molecule has 1 saturated heterocycles. The third-order valence-corrected chi connectivity index (χ3v) is 6.25. The fourth-order valence-corrected chi connectivity index (χ4v) is 4.46. The molecule has 2 aliphatic rings. The van der Waals surface area contributed by atoms with Crippen LogP contribution in [0.25, 0.3) is 5.70 Å². The van der Waals surface area contributed by atoms with E-state index in [1.807, 2.05) is 49.4 Å². The second-order valence-corrected chi connectivity index (χ2v) is 8.76. The fourth-order valence-electron chi connectivity index (χ4n) is 4.19. The van der Waals surface area contributed by atoms with Crippen molar-refractivity contribution in [2.24, 2.45) is 0 Å². The number of amides is 3. The second kappa shape index (κ2) is 9.06. The summed E-state index contributed by atoms with van der Waals surface area (Å²) in [5.74, 6) is -0.466. The summed E-state index contributed by atoms with van der Waals surface area (Å²) >= 11 is 3.40. The van der Waals surface area contributed by atoms with Gasteiger partial charge in [-0.15, -0.1) is 0 Å². The third-order valence-electron chi connectivity index (χ3n) is 5.72. The van der Waals surface area contributed by atoms with Gasteiger partial charge in [0.2, 0.25) is 17.7 Å². The number of halogens is 1. The molecule has 6 nitrogen and oxygen atoms in total. The van der Waals surface area contributed by atoms with Gasteiger partial charge in [0.1, 0.15) is 6.04 Å². The number of nitrogens with one attached hydrogen (secondary N) is 2. The van der Waals surface area contributed by atoms with Gasteiger partial charge in [0.05, 0.1) is 6.42 Å². The van der Waals surface area contributed by atoms with Gasteiger partial charge >= 0.3 is 0 Å². The van der Waals surface area contributed by atoms with Gasteiger partial charge in [-0.2, -0.15) is 0 Å². The van der Waals surface area contributed by atoms with E-state index in [9.17, 15) is 14.4 Å². The predicted molar refractivity (Wildman–Crippen MR) is 122 cm³/mol. The number of hydrogen-bond donors (Lipinski definition) is 2. The standard InChI is InChI=1S/C24H24BrN3O3/c1-2-20-19-8-5-16(13-26-23(30)12-15-3-6-18(25)7-4-15)11-17(19)14-28(20)21-9-10-22(29)27-24(21)31/h2-8,11,21H,9-10,12-14H2,1H3,(H,26,30)(H,27,29,31). The largest absolute Gasteiger partial charge is 0.355 e. The fraction of sp³-hybridized carbons (Fsp3) is 0.292. The molecule has 0 radical (unpaired) electrons. The molecule has 2 N–H and O–H groups in total. The van der Waals surface area contributed by atoms with Crippen LogP contribution in [0.1, 0.15) is 42.0 Å². The van der Waals surface area contributed by atoms with Crippen molar-refractivity contribution in [2.45, 2.75) is 45.3 Å². The van der Waals surface area contributed by atoms with Crippen molar-refractivity contribution in [1.29, 1.82) is 0 Å². The Kier molecular flexibility index (Phi) is 6.23. The lowest BCUT2D eigenvalue weighted by atomic mass is 10.0. The summed E-state index contributed by atoms with van der Waals surface area (Å²) in [7, 11) is 0. The summed E-state index contributed by atoms with van der Waals surface area (Å²) in [5.41, 5.74) is 5.21. The minimum absolute atomic E-state index is 0.0258. The first-order valence-corrected chi connectivity index (χ1v) is 11.1.